The number of ether oxygens (including phenoxy) is 1. The van der Waals surface area contributed by atoms with E-state index in [-0.39, 0.29) is 24.6 Å². The van der Waals surface area contributed by atoms with Gasteiger partial charge in [0.15, 0.2) is 5.69 Å². The van der Waals surface area contributed by atoms with Gasteiger partial charge >= 0.3 is 5.97 Å². The maximum Gasteiger partial charge on any atom is 0.305 e. The number of carboxylic acids is 1. The Hall–Kier alpha value is -2.38. The van der Waals surface area contributed by atoms with E-state index < -0.39 is 12.0 Å². The highest BCUT2D eigenvalue weighted by atomic mass is 35.5. The van der Waals surface area contributed by atoms with Gasteiger partial charge in [-0.25, -0.2) is 4.68 Å². The number of rotatable bonds is 4. The quantitative estimate of drug-likeness (QED) is 0.910. The van der Waals surface area contributed by atoms with E-state index in [1.165, 1.54) is 4.90 Å². The first kappa shape index (κ1) is 16.5. The van der Waals surface area contributed by atoms with E-state index in [2.05, 4.69) is 5.10 Å². The molecule has 2 aromatic rings. The first-order chi connectivity index (χ1) is 11.5. The van der Waals surface area contributed by atoms with Crippen molar-refractivity contribution < 1.29 is 19.4 Å². The van der Waals surface area contributed by atoms with Crippen molar-refractivity contribution in [2.24, 2.45) is 0 Å². The highest BCUT2D eigenvalue weighted by Crippen LogP contribution is 2.17. The summed E-state index contributed by atoms with van der Waals surface area (Å²) in [7, 11) is 0. The van der Waals surface area contributed by atoms with Crippen molar-refractivity contribution in [2.75, 3.05) is 19.8 Å². The van der Waals surface area contributed by atoms with Gasteiger partial charge in [0, 0.05) is 17.8 Å². The zero-order valence-electron chi connectivity index (χ0n) is 12.8. The van der Waals surface area contributed by atoms with Crippen LogP contribution in [0.25, 0.3) is 5.69 Å². The number of halogens is 1. The number of nitrogens with zero attached hydrogens (tertiary/aromatic N) is 3. The molecule has 1 saturated heterocycles. The fourth-order valence-corrected chi connectivity index (χ4v) is 2.82. The Balaban J connectivity index is 1.80. The second-order valence-electron chi connectivity index (χ2n) is 5.45. The average molecular weight is 350 g/mol. The van der Waals surface area contributed by atoms with Crippen LogP contribution >= 0.6 is 11.6 Å². The van der Waals surface area contributed by atoms with Crippen LogP contribution in [0.3, 0.4) is 0 Å². The Labute approximate surface area is 143 Å². The third-order valence-electron chi connectivity index (χ3n) is 3.78. The van der Waals surface area contributed by atoms with Gasteiger partial charge in [-0.15, -0.1) is 0 Å². The van der Waals surface area contributed by atoms with Crippen LogP contribution in [0.15, 0.2) is 36.5 Å². The smallest absolute Gasteiger partial charge is 0.305 e. The molecule has 1 atom stereocenters. The minimum atomic E-state index is -0.965. The van der Waals surface area contributed by atoms with Gasteiger partial charge in [-0.05, 0) is 24.3 Å². The average Bonchev–Trinajstić information content (AvgIpc) is 3.04. The minimum Gasteiger partial charge on any atom is -0.481 e. The standard InChI is InChI=1S/C16H16ClN3O4/c17-11-2-1-3-12(8-11)20-5-4-14(18-20)16(23)19-6-7-24-10-13(19)9-15(21)22/h1-5,8,13H,6-7,9-10H2,(H,21,22). The Morgan fingerprint density at radius 3 is 2.96 bits per heavy atom. The number of aliphatic carboxylic acids is 1. The van der Waals surface area contributed by atoms with Gasteiger partial charge in [-0.3, -0.25) is 9.59 Å². The number of benzene rings is 1. The maximum atomic E-state index is 12.7. The van der Waals surface area contributed by atoms with Gasteiger partial charge in [-0.2, -0.15) is 5.10 Å². The van der Waals surface area contributed by atoms with Crippen molar-refractivity contribution in [1.82, 2.24) is 14.7 Å². The molecule has 1 aromatic heterocycles. The topological polar surface area (TPSA) is 84.7 Å². The Morgan fingerprint density at radius 1 is 1.38 bits per heavy atom. The molecule has 0 saturated carbocycles. The lowest BCUT2D eigenvalue weighted by Gasteiger charge is -2.34. The van der Waals surface area contributed by atoms with Crippen molar-refractivity contribution in [3.05, 3.63) is 47.2 Å². The van der Waals surface area contributed by atoms with Crippen molar-refractivity contribution in [1.29, 1.82) is 0 Å². The molecule has 0 aliphatic carbocycles. The molecule has 1 aromatic carbocycles. The highest BCUT2D eigenvalue weighted by Gasteiger charge is 2.30. The van der Waals surface area contributed by atoms with E-state index >= 15 is 0 Å². The van der Waals surface area contributed by atoms with Crippen molar-refractivity contribution >= 4 is 23.5 Å². The molecule has 1 unspecified atom stereocenters. The summed E-state index contributed by atoms with van der Waals surface area (Å²) >= 11 is 5.97. The normalized spacial score (nSPS) is 17.7. The van der Waals surface area contributed by atoms with E-state index in [0.29, 0.717) is 18.2 Å². The van der Waals surface area contributed by atoms with Gasteiger partial charge in [0.2, 0.25) is 0 Å². The maximum absolute atomic E-state index is 12.7. The first-order valence-corrected chi connectivity index (χ1v) is 7.84. The van der Waals surface area contributed by atoms with Gasteiger partial charge in [0.25, 0.3) is 5.91 Å². The number of aromatic nitrogens is 2. The molecule has 1 N–H and O–H groups in total. The summed E-state index contributed by atoms with van der Waals surface area (Å²) < 4.78 is 6.85. The molecule has 0 bridgehead atoms. The van der Waals surface area contributed by atoms with E-state index in [4.69, 9.17) is 21.4 Å². The van der Waals surface area contributed by atoms with Crippen molar-refractivity contribution in [3.8, 4) is 5.69 Å². The summed E-state index contributed by atoms with van der Waals surface area (Å²) in [4.78, 5) is 25.2. The van der Waals surface area contributed by atoms with Crippen LogP contribution < -0.4 is 0 Å². The molecule has 0 spiro atoms. The molecule has 1 fully saturated rings. The summed E-state index contributed by atoms with van der Waals surface area (Å²) in [5.41, 5.74) is 0.998. The second kappa shape index (κ2) is 7.02. The Morgan fingerprint density at radius 2 is 2.21 bits per heavy atom. The molecule has 24 heavy (non-hydrogen) atoms. The molecule has 2 heterocycles. The summed E-state index contributed by atoms with van der Waals surface area (Å²) in [5.74, 6) is -1.27. The minimum absolute atomic E-state index is 0.152. The number of hydrogen-bond donors (Lipinski definition) is 1. The molecular formula is C16H16ClN3O4. The molecule has 1 amide bonds. The van der Waals surface area contributed by atoms with Crippen LogP contribution in [0.4, 0.5) is 0 Å². The number of morpholine rings is 1. The van der Waals surface area contributed by atoms with Crippen LogP contribution in [0.1, 0.15) is 16.9 Å². The fraction of sp³-hybridized carbons (Fsp3) is 0.312. The zero-order chi connectivity index (χ0) is 17.1. The third kappa shape index (κ3) is 3.58. The molecule has 1 aliphatic heterocycles. The van der Waals surface area contributed by atoms with E-state index in [9.17, 15) is 9.59 Å². The lowest BCUT2D eigenvalue weighted by Crippen LogP contribution is -2.49. The third-order valence-corrected chi connectivity index (χ3v) is 4.01. The van der Waals surface area contributed by atoms with Gasteiger partial charge in [0.05, 0.1) is 31.4 Å². The summed E-state index contributed by atoms with van der Waals surface area (Å²) in [5, 5.41) is 13.9. The number of hydrogen-bond acceptors (Lipinski definition) is 4. The lowest BCUT2D eigenvalue weighted by atomic mass is 10.1. The molecule has 0 radical (unpaired) electrons. The lowest BCUT2D eigenvalue weighted by molar-refractivity contribution is -0.139. The largest absolute Gasteiger partial charge is 0.481 e. The van der Waals surface area contributed by atoms with Crippen LogP contribution in [0.2, 0.25) is 5.02 Å². The molecule has 8 heteroatoms. The Kier molecular flexibility index (Phi) is 4.82. The zero-order valence-corrected chi connectivity index (χ0v) is 13.5. The Bertz CT molecular complexity index is 761. The molecule has 3 rings (SSSR count). The molecule has 7 nitrogen and oxygen atoms in total. The predicted molar refractivity (Wildman–Crippen MR) is 86.5 cm³/mol. The van der Waals surface area contributed by atoms with Crippen LogP contribution in [0, 0.1) is 0 Å². The van der Waals surface area contributed by atoms with Gasteiger partial charge in [-0.1, -0.05) is 17.7 Å². The number of carboxylic acid groups (broad SMARTS) is 1. The summed E-state index contributed by atoms with van der Waals surface area (Å²) in [6.45, 7) is 0.949. The van der Waals surface area contributed by atoms with Crippen LogP contribution in [0.5, 0.6) is 0 Å². The SMILES string of the molecule is O=C(O)CC1COCCN1C(=O)c1ccn(-c2cccc(Cl)c2)n1. The van der Waals surface area contributed by atoms with Crippen LogP contribution in [-0.2, 0) is 9.53 Å². The van der Waals surface area contributed by atoms with Crippen molar-refractivity contribution in [3.63, 3.8) is 0 Å². The van der Waals surface area contributed by atoms with E-state index in [1.807, 2.05) is 6.07 Å². The predicted octanol–water partition coefficient (Wildman–Crippen LogP) is 1.84. The number of carbonyl (C=O) groups excluding carboxylic acids is 1. The van der Waals surface area contributed by atoms with Gasteiger partial charge < -0.3 is 14.7 Å². The first-order valence-electron chi connectivity index (χ1n) is 7.47. The van der Waals surface area contributed by atoms with Gasteiger partial charge in [0.1, 0.15) is 0 Å². The van der Waals surface area contributed by atoms with Crippen LogP contribution in [-0.4, -0.2) is 57.5 Å². The fourth-order valence-electron chi connectivity index (χ4n) is 2.64. The number of carbonyl (C=O) groups is 2. The summed E-state index contributed by atoms with van der Waals surface area (Å²) in [6, 6.07) is 8.24. The molecule has 126 valence electrons. The molecule has 1 aliphatic rings. The van der Waals surface area contributed by atoms with E-state index in [1.54, 1.807) is 35.1 Å². The highest BCUT2D eigenvalue weighted by molar-refractivity contribution is 6.30. The van der Waals surface area contributed by atoms with Crippen molar-refractivity contribution in [2.45, 2.75) is 12.5 Å². The monoisotopic (exact) mass is 349 g/mol. The molecular weight excluding hydrogens is 334 g/mol. The summed E-state index contributed by atoms with van der Waals surface area (Å²) in [6.07, 6.45) is 1.52. The number of amides is 1. The second-order valence-corrected chi connectivity index (χ2v) is 5.89. The van der Waals surface area contributed by atoms with E-state index in [0.717, 1.165) is 5.69 Å².